The van der Waals surface area contributed by atoms with Crippen LogP contribution in [0.4, 0.5) is 0 Å². The molecule has 2 aromatic heterocycles. The molecule has 2 fully saturated rings. The van der Waals surface area contributed by atoms with Crippen LogP contribution in [0.3, 0.4) is 0 Å². The number of halogens is 2. The molecule has 380 valence electrons. The lowest BCUT2D eigenvalue weighted by molar-refractivity contribution is 0.0693. The van der Waals surface area contributed by atoms with Gasteiger partial charge in [-0.25, -0.2) is 16.8 Å². The molecule has 0 atom stereocenters. The summed E-state index contributed by atoms with van der Waals surface area (Å²) in [4.78, 5) is 55.8. The van der Waals surface area contributed by atoms with Gasteiger partial charge in [-0.2, -0.15) is 8.61 Å². The van der Waals surface area contributed by atoms with Crippen LogP contribution in [0, 0.1) is 0 Å². The van der Waals surface area contributed by atoms with E-state index in [0.29, 0.717) is 58.5 Å². The first-order valence-corrected chi connectivity index (χ1v) is 28.7. The van der Waals surface area contributed by atoms with Crippen LogP contribution in [-0.4, -0.2) is 111 Å². The fraction of sp³-hybridized carbons (Fsp3) is 0.185. The number of nitrogens with one attached hydrogen (secondary N) is 2. The van der Waals surface area contributed by atoms with Crippen molar-refractivity contribution in [3.05, 3.63) is 200 Å². The van der Waals surface area contributed by atoms with Gasteiger partial charge in [0.15, 0.2) is 0 Å². The Bertz CT molecular complexity index is 3580. The number of fused-ring (bicyclic) bond motifs is 2. The van der Waals surface area contributed by atoms with E-state index in [1.165, 1.54) is 8.61 Å². The molecule has 74 heavy (non-hydrogen) atoms. The van der Waals surface area contributed by atoms with Crippen molar-refractivity contribution in [2.24, 2.45) is 0 Å². The van der Waals surface area contributed by atoms with E-state index in [4.69, 9.17) is 23.2 Å². The molecule has 6 aromatic carbocycles. The Morgan fingerprint density at radius 1 is 0.446 bits per heavy atom. The van der Waals surface area contributed by atoms with Gasteiger partial charge < -0.3 is 20.4 Å². The molecule has 8 aromatic rings. The number of hydrogen-bond donors (Lipinski definition) is 2. The zero-order valence-corrected chi connectivity index (χ0v) is 44.3. The standard InChI is InChI=1S/2C27H24ClN3O4S2/c28-21-10-8-20(9-11-21)26(32)29-18-22-12-13-25(36-22)37(34,35)31-16-14-30(15-17-31)27(33)24-7-3-5-19-4-1-2-6-23(19)24;28-23-9-7-20(8-10-23)26(32)29-18-24-11-12-25(36-24)37(34,35)31-15-13-30(14-16-31)27(33)22-6-5-19-3-1-2-4-21(19)17-22/h1-13H,14-18H2,(H,29,32);1-12,17H,13-16,18H2,(H,29,32). The normalized spacial score (nSPS) is 14.6. The average Bonchev–Trinajstić information content (AvgIpc) is 4.14. The quantitative estimate of drug-likeness (QED) is 0.122. The summed E-state index contributed by atoms with van der Waals surface area (Å²) in [5.74, 6) is -0.718. The molecule has 10 rings (SSSR count). The Hall–Kier alpha value is -6.48. The lowest BCUT2D eigenvalue weighted by atomic mass is 10.0. The van der Waals surface area contributed by atoms with E-state index in [9.17, 15) is 36.0 Å². The van der Waals surface area contributed by atoms with Gasteiger partial charge in [-0.15, -0.1) is 22.7 Å². The first kappa shape index (κ1) is 52.4. The number of carbonyl (C=O) groups is 4. The molecular formula is C54H48Cl2N6O8S4. The smallest absolute Gasteiger partial charge is 0.254 e. The summed E-state index contributed by atoms with van der Waals surface area (Å²) in [6.45, 7) is 2.60. The third-order valence-corrected chi connectivity index (χ3v) is 20.0. The van der Waals surface area contributed by atoms with Crippen molar-refractivity contribution < 1.29 is 36.0 Å². The Kier molecular flexibility index (Phi) is 16.3. The van der Waals surface area contributed by atoms with Crippen LogP contribution in [0.2, 0.25) is 10.0 Å². The summed E-state index contributed by atoms with van der Waals surface area (Å²) in [7, 11) is -7.39. The van der Waals surface area contributed by atoms with Crippen LogP contribution in [0.25, 0.3) is 21.5 Å². The van der Waals surface area contributed by atoms with E-state index < -0.39 is 20.0 Å². The molecular weight excluding hydrogens is 1060 g/mol. The van der Waals surface area contributed by atoms with Gasteiger partial charge in [0.05, 0.1) is 13.1 Å². The molecule has 20 heteroatoms. The van der Waals surface area contributed by atoms with Gasteiger partial charge in [0.25, 0.3) is 43.7 Å². The second-order valence-corrected chi connectivity index (χ2v) is 24.8. The number of thiophene rings is 2. The number of carbonyl (C=O) groups excluding carboxylic acids is 4. The Morgan fingerprint density at radius 3 is 1.39 bits per heavy atom. The summed E-state index contributed by atoms with van der Waals surface area (Å²) in [5, 5.41) is 10.6. The van der Waals surface area contributed by atoms with Crippen LogP contribution >= 0.6 is 45.9 Å². The van der Waals surface area contributed by atoms with Gasteiger partial charge >= 0.3 is 0 Å². The van der Waals surface area contributed by atoms with Gasteiger partial charge in [0.2, 0.25) is 0 Å². The Balaban J connectivity index is 0.000000182. The molecule has 2 saturated heterocycles. The second kappa shape index (κ2) is 23.0. The molecule has 2 aliphatic heterocycles. The third-order valence-electron chi connectivity index (χ3n) is 12.6. The summed E-state index contributed by atoms with van der Waals surface area (Å²) in [6.07, 6.45) is 0. The average molecular weight is 1110 g/mol. The lowest BCUT2D eigenvalue weighted by Crippen LogP contribution is -2.50. The summed E-state index contributed by atoms with van der Waals surface area (Å²) in [6, 6.07) is 46.5. The number of hydrogen-bond acceptors (Lipinski definition) is 10. The minimum absolute atomic E-state index is 0.0938. The fourth-order valence-electron chi connectivity index (χ4n) is 8.53. The Labute approximate surface area is 446 Å². The summed E-state index contributed by atoms with van der Waals surface area (Å²) < 4.78 is 56.2. The van der Waals surface area contributed by atoms with Gasteiger partial charge in [0.1, 0.15) is 8.42 Å². The van der Waals surface area contributed by atoms with Gasteiger partial charge in [-0.3, -0.25) is 19.2 Å². The number of benzene rings is 6. The number of sulfonamides is 2. The maximum absolute atomic E-state index is 13.2. The van der Waals surface area contributed by atoms with Crippen molar-refractivity contribution in [2.75, 3.05) is 52.4 Å². The van der Waals surface area contributed by atoms with Crippen LogP contribution in [0.5, 0.6) is 0 Å². The number of piperazine rings is 2. The maximum atomic E-state index is 13.2. The molecule has 4 amide bonds. The van der Waals surface area contributed by atoms with Crippen molar-refractivity contribution in [3.63, 3.8) is 0 Å². The zero-order valence-electron chi connectivity index (χ0n) is 39.5. The highest BCUT2D eigenvalue weighted by molar-refractivity contribution is 7.91. The first-order chi connectivity index (χ1) is 35.6. The highest BCUT2D eigenvalue weighted by atomic mass is 35.5. The fourth-order valence-corrected chi connectivity index (χ4v) is 14.5. The third kappa shape index (κ3) is 12.0. The second-order valence-electron chi connectivity index (χ2n) is 17.3. The van der Waals surface area contributed by atoms with Crippen molar-refractivity contribution >= 4 is 111 Å². The van der Waals surface area contributed by atoms with E-state index in [1.54, 1.807) is 82.6 Å². The van der Waals surface area contributed by atoms with E-state index in [0.717, 1.165) is 54.0 Å². The maximum Gasteiger partial charge on any atom is 0.254 e. The SMILES string of the molecule is O=C(NCc1ccc(S(=O)(=O)N2CCN(C(=O)c3ccc4ccccc4c3)CC2)s1)c1ccc(Cl)cc1.O=C(NCc1ccc(S(=O)(=O)N2CCN(C(=O)c3cccc4ccccc34)CC2)s1)c1ccc(Cl)cc1. The molecule has 0 saturated carbocycles. The van der Waals surface area contributed by atoms with Crippen molar-refractivity contribution in [1.82, 2.24) is 29.0 Å². The van der Waals surface area contributed by atoms with Gasteiger partial charge in [-0.05, 0) is 113 Å². The zero-order chi connectivity index (χ0) is 52.0. The molecule has 2 N–H and O–H groups in total. The van der Waals surface area contributed by atoms with Crippen molar-refractivity contribution in [3.8, 4) is 0 Å². The predicted octanol–water partition coefficient (Wildman–Crippen LogP) is 9.26. The van der Waals surface area contributed by atoms with Crippen LogP contribution < -0.4 is 10.6 Å². The topological polar surface area (TPSA) is 174 Å². The molecule has 0 unspecified atom stereocenters. The van der Waals surface area contributed by atoms with E-state index in [-0.39, 0.29) is 71.3 Å². The number of rotatable bonds is 12. The van der Waals surface area contributed by atoms with Gasteiger partial charge in [0, 0.05) is 94.4 Å². The molecule has 2 aliphatic rings. The van der Waals surface area contributed by atoms with E-state index in [1.807, 2.05) is 84.9 Å². The molecule has 0 bridgehead atoms. The molecule has 4 heterocycles. The highest BCUT2D eigenvalue weighted by Gasteiger charge is 2.33. The number of nitrogens with zero attached hydrogens (tertiary/aromatic N) is 4. The highest BCUT2D eigenvalue weighted by Crippen LogP contribution is 2.29. The van der Waals surface area contributed by atoms with Crippen molar-refractivity contribution in [2.45, 2.75) is 21.5 Å². The Morgan fingerprint density at radius 2 is 0.878 bits per heavy atom. The monoisotopic (exact) mass is 1110 g/mol. The van der Waals surface area contributed by atoms with Crippen molar-refractivity contribution in [1.29, 1.82) is 0 Å². The largest absolute Gasteiger partial charge is 0.347 e. The summed E-state index contributed by atoms with van der Waals surface area (Å²) >= 11 is 14.0. The molecule has 14 nitrogen and oxygen atoms in total. The predicted molar refractivity (Wildman–Crippen MR) is 291 cm³/mol. The first-order valence-electron chi connectivity index (χ1n) is 23.4. The molecule has 0 aliphatic carbocycles. The van der Waals surface area contributed by atoms with Crippen LogP contribution in [0.15, 0.2) is 166 Å². The van der Waals surface area contributed by atoms with Crippen LogP contribution in [0.1, 0.15) is 51.2 Å². The van der Waals surface area contributed by atoms with Crippen LogP contribution in [-0.2, 0) is 33.1 Å². The molecule has 0 radical (unpaired) electrons. The number of amides is 4. The molecule has 0 spiro atoms. The van der Waals surface area contributed by atoms with E-state index >= 15 is 0 Å². The van der Waals surface area contributed by atoms with Gasteiger partial charge in [-0.1, -0.05) is 89.9 Å². The summed E-state index contributed by atoms with van der Waals surface area (Å²) in [5.41, 5.74) is 2.17. The lowest BCUT2D eigenvalue weighted by Gasteiger charge is -2.34. The minimum Gasteiger partial charge on any atom is -0.347 e. The van der Waals surface area contributed by atoms with E-state index in [2.05, 4.69) is 10.6 Å². The minimum atomic E-state index is -3.70.